The van der Waals surface area contributed by atoms with Gasteiger partial charge in [-0.15, -0.1) is 5.10 Å². The van der Waals surface area contributed by atoms with Crippen LogP contribution in [0.25, 0.3) is 11.0 Å². The van der Waals surface area contributed by atoms with Crippen molar-refractivity contribution >= 4 is 22.8 Å². The first-order valence-corrected chi connectivity index (χ1v) is 12.6. The fourth-order valence-electron chi connectivity index (χ4n) is 4.29. The van der Waals surface area contributed by atoms with Crippen molar-refractivity contribution in [2.45, 2.75) is 58.7 Å². The van der Waals surface area contributed by atoms with Crippen molar-refractivity contribution in [2.75, 3.05) is 6.54 Å². The highest BCUT2D eigenvalue weighted by Crippen LogP contribution is 2.24. The Labute approximate surface area is 217 Å². The van der Waals surface area contributed by atoms with Crippen molar-refractivity contribution in [1.82, 2.24) is 30.2 Å². The predicted octanol–water partition coefficient (Wildman–Crippen LogP) is 4.25. The van der Waals surface area contributed by atoms with Crippen molar-refractivity contribution in [3.05, 3.63) is 89.7 Å². The second kappa shape index (κ2) is 11.3. The molecule has 0 unspecified atom stereocenters. The minimum Gasteiger partial charge on any atom is -0.349 e. The Bertz CT molecular complexity index is 1370. The molecule has 1 N–H and O–H groups in total. The first-order chi connectivity index (χ1) is 17.8. The Balaban J connectivity index is 1.71. The van der Waals surface area contributed by atoms with Crippen LogP contribution in [0, 0.1) is 6.92 Å². The normalized spacial score (nSPS) is 12.3. The number of hydrogen-bond donors (Lipinski definition) is 1. The topological polar surface area (TPSA) is 93.0 Å². The molecule has 0 aliphatic carbocycles. The van der Waals surface area contributed by atoms with E-state index in [1.165, 1.54) is 0 Å². The van der Waals surface area contributed by atoms with Gasteiger partial charge in [-0.1, -0.05) is 48.5 Å². The first-order valence-electron chi connectivity index (χ1n) is 12.6. The molecule has 8 nitrogen and oxygen atoms in total. The van der Waals surface area contributed by atoms with Crippen LogP contribution in [0.4, 0.5) is 0 Å². The molecule has 0 spiro atoms. The van der Waals surface area contributed by atoms with Crippen molar-refractivity contribution in [3.63, 3.8) is 0 Å². The lowest BCUT2D eigenvalue weighted by atomic mass is 9.98. The summed E-state index contributed by atoms with van der Waals surface area (Å²) in [5, 5.41) is 11.5. The van der Waals surface area contributed by atoms with Gasteiger partial charge < -0.3 is 10.2 Å². The predicted molar refractivity (Wildman–Crippen MR) is 144 cm³/mol. The zero-order valence-electron chi connectivity index (χ0n) is 21.9. The Morgan fingerprint density at radius 3 is 2.46 bits per heavy atom. The minimum atomic E-state index is -0.819. The summed E-state index contributed by atoms with van der Waals surface area (Å²) >= 11 is 0. The van der Waals surface area contributed by atoms with Crippen LogP contribution < -0.4 is 5.32 Å². The second-order valence-electron chi connectivity index (χ2n) is 9.91. The Kier molecular flexibility index (Phi) is 7.96. The molecule has 2 amide bonds. The number of aryl methyl sites for hydroxylation is 1. The van der Waals surface area contributed by atoms with Crippen LogP contribution >= 0.6 is 0 Å². The fourth-order valence-corrected chi connectivity index (χ4v) is 4.29. The number of aromatic nitrogens is 4. The Morgan fingerprint density at radius 1 is 1.03 bits per heavy atom. The number of nitrogens with zero attached hydrogens (tertiary/aromatic N) is 5. The molecule has 4 aromatic rings. The van der Waals surface area contributed by atoms with Crippen LogP contribution in [-0.2, 0) is 22.6 Å². The van der Waals surface area contributed by atoms with Gasteiger partial charge in [0.25, 0.3) is 0 Å². The average Bonchev–Trinajstić information content (AvgIpc) is 3.30. The molecular formula is C29H34N6O2. The third kappa shape index (κ3) is 6.20. The van der Waals surface area contributed by atoms with Gasteiger partial charge >= 0.3 is 0 Å². The number of rotatable bonds is 10. The number of benzene rings is 2. The van der Waals surface area contributed by atoms with Gasteiger partial charge in [0.1, 0.15) is 18.1 Å². The molecule has 4 rings (SSSR count). The van der Waals surface area contributed by atoms with E-state index in [0.29, 0.717) is 18.5 Å². The summed E-state index contributed by atoms with van der Waals surface area (Å²) in [5.41, 5.74) is 4.06. The third-order valence-corrected chi connectivity index (χ3v) is 6.84. The molecule has 0 bridgehead atoms. The standard InChI is InChI=1S/C29H34N6O2/c1-5-29(3,4)31-28(37)27(23-14-17-30-18-15-23)34(19-16-22-11-7-6-10-21(22)2)26(36)20-35-25-13-9-8-12-24(25)32-33-35/h6-15,17-18,27H,5,16,19-20H2,1-4H3,(H,31,37)/t27-/m0/s1. The van der Waals surface area contributed by atoms with Crippen molar-refractivity contribution in [2.24, 2.45) is 0 Å². The number of para-hydroxylation sites is 1. The monoisotopic (exact) mass is 498 g/mol. The molecule has 2 aromatic carbocycles. The molecule has 8 heteroatoms. The van der Waals surface area contributed by atoms with E-state index in [-0.39, 0.29) is 18.4 Å². The van der Waals surface area contributed by atoms with E-state index >= 15 is 0 Å². The van der Waals surface area contributed by atoms with E-state index in [2.05, 4.69) is 39.7 Å². The Morgan fingerprint density at radius 2 is 1.73 bits per heavy atom. The largest absolute Gasteiger partial charge is 0.349 e. The molecule has 1 atom stereocenters. The third-order valence-electron chi connectivity index (χ3n) is 6.84. The number of nitrogens with one attached hydrogen (secondary N) is 1. The van der Waals surface area contributed by atoms with E-state index in [1.54, 1.807) is 34.1 Å². The molecule has 0 saturated heterocycles. The van der Waals surface area contributed by atoms with Gasteiger partial charge in [-0.3, -0.25) is 14.6 Å². The van der Waals surface area contributed by atoms with E-state index in [4.69, 9.17) is 0 Å². The van der Waals surface area contributed by atoms with E-state index < -0.39 is 11.6 Å². The summed E-state index contributed by atoms with van der Waals surface area (Å²) in [6.45, 7) is 8.38. The van der Waals surface area contributed by atoms with Gasteiger partial charge in [0.15, 0.2) is 0 Å². The maximum absolute atomic E-state index is 14.0. The quantitative estimate of drug-likeness (QED) is 0.353. The number of pyridine rings is 1. The number of carbonyl (C=O) groups is 2. The number of fused-ring (bicyclic) bond motifs is 1. The zero-order chi connectivity index (χ0) is 26.4. The molecule has 0 radical (unpaired) electrons. The molecule has 192 valence electrons. The van der Waals surface area contributed by atoms with Crippen molar-refractivity contribution in [1.29, 1.82) is 0 Å². The highest BCUT2D eigenvalue weighted by Gasteiger charge is 2.34. The summed E-state index contributed by atoms with van der Waals surface area (Å²) in [7, 11) is 0. The van der Waals surface area contributed by atoms with Gasteiger partial charge in [-0.05, 0) is 74.6 Å². The second-order valence-corrected chi connectivity index (χ2v) is 9.91. The minimum absolute atomic E-state index is 0.0275. The van der Waals surface area contributed by atoms with Crippen LogP contribution in [-0.4, -0.2) is 48.8 Å². The number of carbonyl (C=O) groups excluding carboxylic acids is 2. The molecule has 2 heterocycles. The maximum atomic E-state index is 14.0. The SMILES string of the molecule is CCC(C)(C)NC(=O)[C@H](c1ccncc1)N(CCc1ccccc1C)C(=O)Cn1nnc2ccccc21. The van der Waals surface area contributed by atoms with Gasteiger partial charge in [-0.2, -0.15) is 0 Å². The van der Waals surface area contributed by atoms with Gasteiger partial charge in [0, 0.05) is 24.5 Å². The summed E-state index contributed by atoms with van der Waals surface area (Å²) in [6.07, 6.45) is 4.66. The zero-order valence-corrected chi connectivity index (χ0v) is 21.9. The van der Waals surface area contributed by atoms with Crippen molar-refractivity contribution in [3.8, 4) is 0 Å². The first kappa shape index (κ1) is 26.0. The van der Waals surface area contributed by atoms with E-state index in [1.807, 2.05) is 57.2 Å². The van der Waals surface area contributed by atoms with Crippen LogP contribution in [0.15, 0.2) is 73.1 Å². The molecule has 0 aliphatic rings. The molecule has 2 aromatic heterocycles. The van der Waals surface area contributed by atoms with Crippen LogP contribution in [0.2, 0.25) is 0 Å². The maximum Gasteiger partial charge on any atom is 0.247 e. The molecule has 0 aliphatic heterocycles. The molecule has 37 heavy (non-hydrogen) atoms. The van der Waals surface area contributed by atoms with Gasteiger partial charge in [0.05, 0.1) is 5.52 Å². The molecule has 0 fully saturated rings. The van der Waals surface area contributed by atoms with E-state index in [9.17, 15) is 9.59 Å². The number of amides is 2. The smallest absolute Gasteiger partial charge is 0.247 e. The summed E-state index contributed by atoms with van der Waals surface area (Å²) < 4.78 is 1.59. The summed E-state index contributed by atoms with van der Waals surface area (Å²) in [5.74, 6) is -0.435. The van der Waals surface area contributed by atoms with Crippen LogP contribution in [0.1, 0.15) is 49.9 Å². The molecule has 0 saturated carbocycles. The van der Waals surface area contributed by atoms with E-state index in [0.717, 1.165) is 28.6 Å². The van der Waals surface area contributed by atoms with Gasteiger partial charge in [-0.25, -0.2) is 4.68 Å². The Hall–Kier alpha value is -4.07. The summed E-state index contributed by atoms with van der Waals surface area (Å²) in [6, 6.07) is 18.4. The van der Waals surface area contributed by atoms with Crippen LogP contribution in [0.3, 0.4) is 0 Å². The summed E-state index contributed by atoms with van der Waals surface area (Å²) in [4.78, 5) is 33.5. The lowest BCUT2D eigenvalue weighted by Gasteiger charge is -2.34. The lowest BCUT2D eigenvalue weighted by Crippen LogP contribution is -2.51. The van der Waals surface area contributed by atoms with Crippen LogP contribution in [0.5, 0.6) is 0 Å². The van der Waals surface area contributed by atoms with Gasteiger partial charge in [0.2, 0.25) is 11.8 Å². The number of hydrogen-bond acceptors (Lipinski definition) is 5. The lowest BCUT2D eigenvalue weighted by molar-refractivity contribution is -0.142. The fraction of sp³-hybridized carbons (Fsp3) is 0.345. The molecular weight excluding hydrogens is 464 g/mol. The highest BCUT2D eigenvalue weighted by molar-refractivity contribution is 5.89. The highest BCUT2D eigenvalue weighted by atomic mass is 16.2. The average molecular weight is 499 g/mol. The van der Waals surface area contributed by atoms with Crippen molar-refractivity contribution < 1.29 is 9.59 Å².